The molecule has 110 valence electrons. The molecule has 1 rings (SSSR count). The first kappa shape index (κ1) is 17.3. The predicted octanol–water partition coefficient (Wildman–Crippen LogP) is 2.68. The van der Waals surface area contributed by atoms with E-state index in [-0.39, 0.29) is 17.6 Å². The Hall–Kier alpha value is -0.760. The smallest absolute Gasteiger partial charge is 0.222 e. The number of carbonyl (C=O) groups excluding carboxylic acids is 1. The molecule has 7 heteroatoms. The number of nitrogens with one attached hydrogen (secondary N) is 2. The van der Waals surface area contributed by atoms with Crippen LogP contribution in [0.2, 0.25) is 0 Å². The van der Waals surface area contributed by atoms with Crippen LogP contribution < -0.4 is 10.6 Å². The Kier molecular flexibility index (Phi) is 6.32. The number of thiophene rings is 1. The molecule has 0 aliphatic rings. The summed E-state index contributed by atoms with van der Waals surface area (Å²) in [6.45, 7) is 7.11. The SMILES string of the molecule is C=C(CO)CC(C)(NC(=S)NC(C)=O)c1cc(Br)cs1. The van der Waals surface area contributed by atoms with Gasteiger partial charge >= 0.3 is 0 Å². The van der Waals surface area contributed by atoms with Crippen LogP contribution in [0.1, 0.15) is 25.1 Å². The highest BCUT2D eigenvalue weighted by molar-refractivity contribution is 9.10. The second kappa shape index (κ2) is 7.31. The molecule has 0 spiro atoms. The maximum atomic E-state index is 11.1. The van der Waals surface area contributed by atoms with Crippen LogP contribution in [0.4, 0.5) is 0 Å². The van der Waals surface area contributed by atoms with E-state index in [0.29, 0.717) is 12.0 Å². The van der Waals surface area contributed by atoms with Crippen LogP contribution in [0, 0.1) is 0 Å². The van der Waals surface area contributed by atoms with Crippen molar-refractivity contribution in [2.75, 3.05) is 6.61 Å². The Bertz CT molecular complexity index is 530. The minimum absolute atomic E-state index is 0.0866. The summed E-state index contributed by atoms with van der Waals surface area (Å²) in [7, 11) is 0. The lowest BCUT2D eigenvalue weighted by Crippen LogP contribution is -2.49. The van der Waals surface area contributed by atoms with E-state index in [1.807, 2.05) is 18.4 Å². The number of hydrogen-bond acceptors (Lipinski definition) is 4. The van der Waals surface area contributed by atoms with E-state index in [1.165, 1.54) is 6.92 Å². The average molecular weight is 377 g/mol. The van der Waals surface area contributed by atoms with E-state index in [1.54, 1.807) is 11.3 Å². The van der Waals surface area contributed by atoms with Crippen molar-refractivity contribution >= 4 is 50.5 Å². The molecular weight excluding hydrogens is 360 g/mol. The average Bonchev–Trinajstić information content (AvgIpc) is 2.74. The highest BCUT2D eigenvalue weighted by atomic mass is 79.9. The molecule has 0 aromatic carbocycles. The molecule has 1 aromatic heterocycles. The normalized spacial score (nSPS) is 13.4. The van der Waals surface area contributed by atoms with Gasteiger partial charge in [-0.15, -0.1) is 11.3 Å². The fourth-order valence-corrected chi connectivity index (χ4v) is 3.71. The van der Waals surface area contributed by atoms with Crippen molar-refractivity contribution < 1.29 is 9.90 Å². The minimum atomic E-state index is -0.532. The molecule has 1 aromatic rings. The number of rotatable bonds is 5. The van der Waals surface area contributed by atoms with Gasteiger partial charge in [0.25, 0.3) is 0 Å². The second-order valence-corrected chi connectivity index (χ2v) is 6.92. The summed E-state index contributed by atoms with van der Waals surface area (Å²) in [6.07, 6.45) is 0.510. The molecular formula is C13H17BrN2O2S2. The van der Waals surface area contributed by atoms with Crippen LogP contribution in [-0.2, 0) is 10.3 Å². The predicted molar refractivity (Wildman–Crippen MR) is 89.8 cm³/mol. The minimum Gasteiger partial charge on any atom is -0.392 e. The van der Waals surface area contributed by atoms with Crippen LogP contribution in [0.3, 0.4) is 0 Å². The van der Waals surface area contributed by atoms with E-state index in [4.69, 9.17) is 12.2 Å². The van der Waals surface area contributed by atoms with E-state index >= 15 is 0 Å². The highest BCUT2D eigenvalue weighted by Gasteiger charge is 2.30. The molecule has 0 saturated heterocycles. The second-order valence-electron chi connectivity index (χ2n) is 4.68. The van der Waals surface area contributed by atoms with Gasteiger partial charge in [-0.1, -0.05) is 6.58 Å². The molecule has 0 fully saturated rings. The summed E-state index contributed by atoms with van der Waals surface area (Å²) in [5, 5.41) is 17.1. The molecule has 1 atom stereocenters. The number of thiocarbonyl (C=S) groups is 1. The lowest BCUT2D eigenvalue weighted by atomic mass is 9.92. The van der Waals surface area contributed by atoms with E-state index in [9.17, 15) is 9.90 Å². The Morgan fingerprint density at radius 1 is 1.65 bits per heavy atom. The van der Waals surface area contributed by atoms with Crippen LogP contribution in [-0.4, -0.2) is 22.7 Å². The highest BCUT2D eigenvalue weighted by Crippen LogP contribution is 2.34. The molecule has 1 heterocycles. The zero-order valence-corrected chi connectivity index (χ0v) is 14.5. The molecule has 0 aliphatic heterocycles. The molecule has 0 aliphatic carbocycles. The van der Waals surface area contributed by atoms with Gasteiger partial charge in [0.1, 0.15) is 0 Å². The standard InChI is InChI=1S/C13H17BrN2O2S2/c1-8(6-17)5-13(3,11-4-10(14)7-20-11)16-12(19)15-9(2)18/h4,7,17H,1,5-6H2,2-3H3,(H2,15,16,18,19). The van der Waals surface area contributed by atoms with Crippen LogP contribution in [0.25, 0.3) is 0 Å². The van der Waals surface area contributed by atoms with Crippen LogP contribution in [0.5, 0.6) is 0 Å². The van der Waals surface area contributed by atoms with Gasteiger partial charge in [-0.25, -0.2) is 0 Å². The van der Waals surface area contributed by atoms with E-state index < -0.39 is 5.54 Å². The third kappa shape index (κ3) is 4.97. The molecule has 0 saturated carbocycles. The van der Waals surface area contributed by atoms with Gasteiger partial charge < -0.3 is 15.7 Å². The van der Waals surface area contributed by atoms with E-state index in [2.05, 4.69) is 33.1 Å². The van der Waals surface area contributed by atoms with Gasteiger partial charge in [0.2, 0.25) is 5.91 Å². The van der Waals surface area contributed by atoms with Crippen molar-refractivity contribution in [2.24, 2.45) is 0 Å². The zero-order chi connectivity index (χ0) is 15.3. The summed E-state index contributed by atoms with van der Waals surface area (Å²) >= 11 is 10.1. The van der Waals surface area contributed by atoms with Crippen LogP contribution in [0.15, 0.2) is 28.1 Å². The van der Waals surface area contributed by atoms with Crippen molar-refractivity contribution in [3.05, 3.63) is 32.9 Å². The largest absolute Gasteiger partial charge is 0.392 e. The molecule has 0 radical (unpaired) electrons. The molecule has 4 nitrogen and oxygen atoms in total. The number of aliphatic hydroxyl groups is 1. The van der Waals surface area contributed by atoms with Gasteiger partial charge in [0.05, 0.1) is 12.1 Å². The van der Waals surface area contributed by atoms with Crippen molar-refractivity contribution in [1.29, 1.82) is 0 Å². The first-order valence-electron chi connectivity index (χ1n) is 5.88. The number of hydrogen-bond donors (Lipinski definition) is 3. The third-order valence-electron chi connectivity index (χ3n) is 2.62. The van der Waals surface area contributed by atoms with Crippen LogP contribution >= 0.6 is 39.5 Å². The van der Waals surface area contributed by atoms with E-state index in [0.717, 1.165) is 9.35 Å². The van der Waals surface area contributed by atoms with Crippen molar-refractivity contribution in [2.45, 2.75) is 25.8 Å². The Balaban J connectivity index is 2.98. The summed E-state index contributed by atoms with van der Waals surface area (Å²) < 4.78 is 0.977. The third-order valence-corrected chi connectivity index (χ3v) is 4.78. The van der Waals surface area contributed by atoms with Gasteiger partial charge in [-0.05, 0) is 53.1 Å². The summed E-state index contributed by atoms with van der Waals surface area (Å²) in [5.41, 5.74) is 0.158. The molecule has 20 heavy (non-hydrogen) atoms. The fraction of sp³-hybridized carbons (Fsp3) is 0.385. The van der Waals surface area contributed by atoms with Gasteiger partial charge in [0.15, 0.2) is 5.11 Å². The first-order valence-corrected chi connectivity index (χ1v) is 7.96. The van der Waals surface area contributed by atoms with Gasteiger partial charge in [-0.2, -0.15) is 0 Å². The Labute approximate surface area is 136 Å². The number of amides is 1. The summed E-state index contributed by atoms with van der Waals surface area (Å²) in [6, 6.07) is 1.98. The van der Waals surface area contributed by atoms with Crippen molar-refractivity contribution in [3.63, 3.8) is 0 Å². The molecule has 0 bridgehead atoms. The Morgan fingerprint density at radius 3 is 2.75 bits per heavy atom. The Morgan fingerprint density at radius 2 is 2.30 bits per heavy atom. The topological polar surface area (TPSA) is 61.4 Å². The first-order chi connectivity index (χ1) is 9.26. The lowest BCUT2D eigenvalue weighted by molar-refractivity contribution is -0.117. The molecule has 1 amide bonds. The molecule has 3 N–H and O–H groups in total. The monoisotopic (exact) mass is 376 g/mol. The van der Waals surface area contributed by atoms with Crippen molar-refractivity contribution in [3.8, 4) is 0 Å². The lowest BCUT2D eigenvalue weighted by Gasteiger charge is -2.31. The fourth-order valence-electron chi connectivity index (χ4n) is 1.79. The van der Waals surface area contributed by atoms with Gasteiger partial charge in [-0.3, -0.25) is 4.79 Å². The molecule has 1 unspecified atom stereocenters. The maximum absolute atomic E-state index is 11.1. The maximum Gasteiger partial charge on any atom is 0.222 e. The van der Waals surface area contributed by atoms with Gasteiger partial charge in [0, 0.05) is 21.7 Å². The van der Waals surface area contributed by atoms with Crippen molar-refractivity contribution in [1.82, 2.24) is 10.6 Å². The summed E-state index contributed by atoms with van der Waals surface area (Å²) in [4.78, 5) is 12.1. The number of aliphatic hydroxyl groups excluding tert-OH is 1. The number of carbonyl (C=O) groups is 1. The summed E-state index contributed by atoms with van der Waals surface area (Å²) in [5.74, 6) is -0.224. The zero-order valence-electron chi connectivity index (χ0n) is 11.3. The number of halogens is 1. The quantitative estimate of drug-likeness (QED) is 0.546.